The minimum absolute atomic E-state index is 0.00367. The number of urea groups is 1. The first-order chi connectivity index (χ1) is 13.9. The number of hydrogen-bond donors (Lipinski definition) is 2. The molecule has 1 aliphatic heterocycles. The number of carbonyl (C=O) groups excluding carboxylic acids is 1. The predicted molar refractivity (Wildman–Crippen MR) is 97.4 cm³/mol. The zero-order valence-corrected chi connectivity index (χ0v) is 15.4. The topological polar surface area (TPSA) is 55.8 Å². The first-order valence-electron chi connectivity index (χ1n) is 8.83. The third-order valence-corrected chi connectivity index (χ3v) is 4.60. The highest BCUT2D eigenvalue weighted by Crippen LogP contribution is 2.37. The molecule has 0 unspecified atom stereocenters. The van der Waals surface area contributed by atoms with Crippen LogP contribution in [0.5, 0.6) is 5.75 Å². The Bertz CT molecular complexity index is 889. The molecule has 5 nitrogen and oxygen atoms in total. The van der Waals surface area contributed by atoms with E-state index >= 15 is 0 Å². The molecule has 1 saturated heterocycles. The third-order valence-electron chi connectivity index (χ3n) is 4.60. The minimum atomic E-state index is -4.99. The van der Waals surface area contributed by atoms with E-state index in [4.69, 9.17) is 0 Å². The van der Waals surface area contributed by atoms with Gasteiger partial charge in [0.15, 0.2) is 0 Å². The summed E-state index contributed by atoms with van der Waals surface area (Å²) in [5.41, 5.74) is -2.84. The van der Waals surface area contributed by atoms with E-state index in [-0.39, 0.29) is 24.9 Å². The van der Waals surface area contributed by atoms with Crippen LogP contribution in [0.4, 0.5) is 42.5 Å². The summed E-state index contributed by atoms with van der Waals surface area (Å²) < 4.78 is 77.7. The molecule has 3 rings (SSSR count). The second-order valence-electron chi connectivity index (χ2n) is 6.72. The fraction of sp³-hybridized carbons (Fsp3) is 0.316. The summed E-state index contributed by atoms with van der Waals surface area (Å²) >= 11 is 0. The Morgan fingerprint density at radius 2 is 1.43 bits per heavy atom. The van der Waals surface area contributed by atoms with Crippen molar-refractivity contribution in [1.82, 2.24) is 4.90 Å². The summed E-state index contributed by atoms with van der Waals surface area (Å²) in [5.74, 6) is 0.0812. The van der Waals surface area contributed by atoms with E-state index in [1.165, 1.54) is 11.0 Å². The number of anilines is 2. The molecule has 1 heterocycles. The lowest BCUT2D eigenvalue weighted by atomic mass is 10.1. The van der Waals surface area contributed by atoms with Gasteiger partial charge in [-0.3, -0.25) is 0 Å². The molecule has 0 bridgehead atoms. The highest BCUT2D eigenvalue weighted by atomic mass is 19.4. The summed E-state index contributed by atoms with van der Waals surface area (Å²) in [7, 11) is 0. The third kappa shape index (κ3) is 5.08. The van der Waals surface area contributed by atoms with Crippen LogP contribution >= 0.6 is 0 Å². The zero-order chi connectivity index (χ0) is 22.1. The Balaban J connectivity index is 1.70. The van der Waals surface area contributed by atoms with Gasteiger partial charge in [0.05, 0.1) is 11.1 Å². The molecule has 2 aromatic rings. The number of alkyl halides is 6. The second kappa shape index (κ2) is 7.96. The van der Waals surface area contributed by atoms with E-state index in [0.717, 1.165) is 5.69 Å². The molecule has 0 spiro atoms. The maximum Gasteiger partial charge on any atom is 0.416 e. The van der Waals surface area contributed by atoms with E-state index in [2.05, 4.69) is 5.32 Å². The van der Waals surface area contributed by atoms with Crippen LogP contribution in [0.2, 0.25) is 0 Å². The van der Waals surface area contributed by atoms with Crippen molar-refractivity contribution in [3.63, 3.8) is 0 Å². The molecule has 0 saturated carbocycles. The Morgan fingerprint density at radius 1 is 0.867 bits per heavy atom. The molecule has 1 fully saturated rings. The van der Waals surface area contributed by atoms with E-state index in [1.807, 2.05) is 4.90 Å². The first-order valence-corrected chi connectivity index (χ1v) is 8.83. The Hall–Kier alpha value is -3.11. The van der Waals surface area contributed by atoms with Gasteiger partial charge in [-0.1, -0.05) is 6.07 Å². The number of nitrogens with one attached hydrogen (secondary N) is 1. The summed E-state index contributed by atoms with van der Waals surface area (Å²) in [6.45, 7) is 1.17. The number of piperazine rings is 1. The molecule has 0 aliphatic carbocycles. The number of rotatable bonds is 2. The summed E-state index contributed by atoms with van der Waals surface area (Å²) in [6.07, 6.45) is -9.98. The van der Waals surface area contributed by atoms with Gasteiger partial charge in [0, 0.05) is 43.6 Å². The van der Waals surface area contributed by atoms with Crippen molar-refractivity contribution in [3.8, 4) is 5.75 Å². The number of benzene rings is 2. The minimum Gasteiger partial charge on any atom is -0.508 e. The highest BCUT2D eigenvalue weighted by molar-refractivity contribution is 5.89. The van der Waals surface area contributed by atoms with E-state index < -0.39 is 35.2 Å². The van der Waals surface area contributed by atoms with Gasteiger partial charge in [0.25, 0.3) is 0 Å². The average molecular weight is 433 g/mol. The fourth-order valence-corrected chi connectivity index (χ4v) is 3.09. The average Bonchev–Trinajstić information content (AvgIpc) is 2.66. The number of phenolic OH excluding ortho intramolecular Hbond substituents is 1. The Morgan fingerprint density at radius 3 is 1.93 bits per heavy atom. The molecule has 11 heteroatoms. The van der Waals surface area contributed by atoms with E-state index in [1.54, 1.807) is 18.2 Å². The number of nitrogens with zero attached hydrogens (tertiary/aromatic N) is 2. The molecule has 30 heavy (non-hydrogen) atoms. The Kier molecular flexibility index (Phi) is 5.73. The van der Waals surface area contributed by atoms with Gasteiger partial charge in [-0.15, -0.1) is 0 Å². The Labute approximate surface area is 167 Å². The molecular formula is C19H17F6N3O2. The molecule has 2 amide bonds. The van der Waals surface area contributed by atoms with Gasteiger partial charge in [-0.25, -0.2) is 4.79 Å². The number of amides is 2. The molecular weight excluding hydrogens is 416 g/mol. The number of phenols is 1. The summed E-state index contributed by atoms with van der Waals surface area (Å²) in [6, 6.07) is 6.65. The monoisotopic (exact) mass is 433 g/mol. The highest BCUT2D eigenvalue weighted by Gasteiger charge is 2.37. The van der Waals surface area contributed by atoms with Crippen LogP contribution in [0.15, 0.2) is 42.5 Å². The smallest absolute Gasteiger partial charge is 0.416 e. The van der Waals surface area contributed by atoms with Crippen LogP contribution in [0.1, 0.15) is 11.1 Å². The van der Waals surface area contributed by atoms with E-state index in [9.17, 15) is 36.2 Å². The lowest BCUT2D eigenvalue weighted by molar-refractivity contribution is -0.143. The van der Waals surface area contributed by atoms with Crippen LogP contribution in [0.25, 0.3) is 0 Å². The molecule has 2 aromatic carbocycles. The van der Waals surface area contributed by atoms with Crippen molar-refractivity contribution in [2.24, 2.45) is 0 Å². The maximum absolute atomic E-state index is 12.9. The van der Waals surface area contributed by atoms with Gasteiger partial charge in [-0.05, 0) is 30.3 Å². The van der Waals surface area contributed by atoms with Crippen molar-refractivity contribution >= 4 is 17.4 Å². The maximum atomic E-state index is 12.9. The number of hydrogen-bond acceptors (Lipinski definition) is 3. The van der Waals surface area contributed by atoms with E-state index in [0.29, 0.717) is 25.2 Å². The summed E-state index contributed by atoms with van der Waals surface area (Å²) in [4.78, 5) is 15.6. The largest absolute Gasteiger partial charge is 0.508 e. The van der Waals surface area contributed by atoms with Crippen LogP contribution in [-0.4, -0.2) is 42.2 Å². The molecule has 0 radical (unpaired) electrons. The summed E-state index contributed by atoms with van der Waals surface area (Å²) in [5, 5.41) is 11.7. The lowest BCUT2D eigenvalue weighted by Gasteiger charge is -2.36. The molecule has 0 aromatic heterocycles. The van der Waals surface area contributed by atoms with Gasteiger partial charge >= 0.3 is 18.4 Å². The number of carbonyl (C=O) groups is 1. The lowest BCUT2D eigenvalue weighted by Crippen LogP contribution is -2.50. The van der Waals surface area contributed by atoms with Crippen molar-refractivity contribution < 1.29 is 36.2 Å². The van der Waals surface area contributed by atoms with Gasteiger partial charge in [0.2, 0.25) is 0 Å². The van der Waals surface area contributed by atoms with Crippen molar-refractivity contribution in [3.05, 3.63) is 53.6 Å². The molecule has 0 atom stereocenters. The molecule has 1 aliphatic rings. The SMILES string of the molecule is O=C(Nc1cc(C(F)(F)F)cc(C(F)(F)F)c1)N1CCN(c2cccc(O)c2)CC1. The zero-order valence-electron chi connectivity index (χ0n) is 15.4. The molecule has 2 N–H and O–H groups in total. The van der Waals surface area contributed by atoms with Gasteiger partial charge in [0.1, 0.15) is 5.75 Å². The van der Waals surface area contributed by atoms with Crippen LogP contribution < -0.4 is 10.2 Å². The quantitative estimate of drug-likeness (QED) is 0.670. The van der Waals surface area contributed by atoms with Gasteiger partial charge in [-0.2, -0.15) is 26.3 Å². The fourth-order valence-electron chi connectivity index (χ4n) is 3.09. The van der Waals surface area contributed by atoms with Crippen LogP contribution in [-0.2, 0) is 12.4 Å². The second-order valence-corrected chi connectivity index (χ2v) is 6.72. The van der Waals surface area contributed by atoms with Crippen LogP contribution in [0.3, 0.4) is 0 Å². The first kappa shape index (κ1) is 21.6. The normalized spacial score (nSPS) is 15.3. The molecule has 162 valence electrons. The number of aromatic hydroxyl groups is 1. The van der Waals surface area contributed by atoms with Crippen molar-refractivity contribution in [2.75, 3.05) is 36.4 Å². The predicted octanol–water partition coefficient (Wildman–Crippen LogP) is 4.78. The number of halogens is 6. The standard InChI is InChI=1S/C19H17F6N3O2/c20-18(21,22)12-8-13(19(23,24)25)10-14(9-12)26-17(30)28-6-4-27(5-7-28)15-2-1-3-16(29)11-15/h1-3,8-11,29H,4-7H2,(H,26,30). The van der Waals surface area contributed by atoms with Crippen molar-refractivity contribution in [1.29, 1.82) is 0 Å². The van der Waals surface area contributed by atoms with Crippen LogP contribution in [0, 0.1) is 0 Å². The van der Waals surface area contributed by atoms with Crippen molar-refractivity contribution in [2.45, 2.75) is 12.4 Å². The van der Waals surface area contributed by atoms with Gasteiger partial charge < -0.3 is 20.2 Å².